The van der Waals surface area contributed by atoms with E-state index in [0.29, 0.717) is 66.8 Å². The molecule has 6 aromatic rings. The topological polar surface area (TPSA) is 87.9 Å². The Labute approximate surface area is 320 Å². The molecule has 3 atom stereocenters. The van der Waals surface area contributed by atoms with E-state index >= 15 is 17.6 Å². The van der Waals surface area contributed by atoms with Crippen molar-refractivity contribution in [2.45, 2.75) is 74.9 Å². The number of nitrogens with zero attached hydrogens (tertiary/aromatic N) is 4. The fourth-order valence-corrected chi connectivity index (χ4v) is 9.94. The van der Waals surface area contributed by atoms with Crippen molar-refractivity contribution in [3.63, 3.8) is 0 Å². The molecular formula is C43H43F5N8. The molecule has 6 heterocycles. The second kappa shape index (κ2) is 13.9. The number of H-pyrrole nitrogens is 2. The van der Waals surface area contributed by atoms with Crippen LogP contribution in [0.5, 0.6) is 0 Å². The number of aromatic nitrogens is 4. The number of hydrogen-bond donors (Lipinski definition) is 4. The summed E-state index contributed by atoms with van der Waals surface area (Å²) in [6, 6.07) is 15.2. The van der Waals surface area contributed by atoms with Gasteiger partial charge in [-0.3, -0.25) is 0 Å². The maximum atomic E-state index is 16.8. The third-order valence-corrected chi connectivity index (χ3v) is 12.7. The lowest BCUT2D eigenvalue weighted by Crippen LogP contribution is -2.44. The zero-order valence-corrected chi connectivity index (χ0v) is 30.9. The summed E-state index contributed by atoms with van der Waals surface area (Å²) in [6.07, 6.45) is 5.90. The molecule has 2 aromatic heterocycles. The summed E-state index contributed by atoms with van der Waals surface area (Å²) in [7, 11) is 0. The van der Waals surface area contributed by atoms with Crippen molar-refractivity contribution in [1.82, 2.24) is 30.6 Å². The average molecular weight is 767 g/mol. The molecule has 13 heteroatoms. The Kier molecular flexibility index (Phi) is 8.77. The minimum absolute atomic E-state index is 0.0151. The number of imidazole rings is 2. The predicted molar refractivity (Wildman–Crippen MR) is 206 cm³/mol. The number of benzene rings is 4. The van der Waals surface area contributed by atoms with E-state index in [0.717, 1.165) is 50.2 Å². The van der Waals surface area contributed by atoms with Gasteiger partial charge in [-0.25, -0.2) is 31.9 Å². The Morgan fingerprint density at radius 1 is 0.625 bits per heavy atom. The lowest BCUT2D eigenvalue weighted by atomic mass is 9.79. The van der Waals surface area contributed by atoms with Crippen LogP contribution in [0, 0.1) is 29.1 Å². The molecular weight excluding hydrogens is 724 g/mol. The molecule has 4 saturated heterocycles. The van der Waals surface area contributed by atoms with Crippen LogP contribution in [-0.4, -0.2) is 52.7 Å². The lowest BCUT2D eigenvalue weighted by Gasteiger charge is -2.42. The first-order chi connectivity index (χ1) is 27.2. The molecule has 0 saturated carbocycles. The Balaban J connectivity index is 1.07. The number of rotatable bonds is 7. The Morgan fingerprint density at radius 3 is 1.88 bits per heavy atom. The lowest BCUT2D eigenvalue weighted by molar-refractivity contribution is 0.468. The number of halogens is 5. The molecule has 0 spiro atoms. The molecule has 56 heavy (non-hydrogen) atoms. The van der Waals surface area contributed by atoms with Crippen LogP contribution < -0.4 is 20.4 Å². The Morgan fingerprint density at radius 2 is 1.25 bits per heavy atom. The number of nitrogens with one attached hydrogen (secondary N) is 4. The zero-order chi connectivity index (χ0) is 38.1. The highest BCUT2D eigenvalue weighted by Crippen LogP contribution is 2.50. The maximum absolute atomic E-state index is 16.8. The van der Waals surface area contributed by atoms with Crippen LogP contribution in [0.4, 0.5) is 33.3 Å². The molecule has 4 aliphatic rings. The van der Waals surface area contributed by atoms with Crippen molar-refractivity contribution < 1.29 is 22.0 Å². The van der Waals surface area contributed by atoms with Gasteiger partial charge >= 0.3 is 0 Å². The fraction of sp³-hybridized carbons (Fsp3) is 0.395. The molecule has 10 rings (SSSR count). The van der Waals surface area contributed by atoms with E-state index in [-0.39, 0.29) is 52.7 Å². The first-order valence-electron chi connectivity index (χ1n) is 19.9. The van der Waals surface area contributed by atoms with E-state index in [1.807, 2.05) is 0 Å². The highest BCUT2D eigenvalue weighted by molar-refractivity contribution is 5.82. The molecule has 0 bridgehead atoms. The number of hydrogen-bond acceptors (Lipinski definition) is 6. The van der Waals surface area contributed by atoms with Crippen molar-refractivity contribution in [1.29, 1.82) is 0 Å². The summed E-state index contributed by atoms with van der Waals surface area (Å²) in [5.74, 6) is -1.39. The normalized spacial score (nSPS) is 23.4. The van der Waals surface area contributed by atoms with E-state index in [1.54, 1.807) is 34.1 Å². The van der Waals surface area contributed by atoms with Crippen LogP contribution >= 0.6 is 0 Å². The highest BCUT2D eigenvalue weighted by Gasteiger charge is 2.48. The smallest absolute Gasteiger partial charge is 0.149 e. The van der Waals surface area contributed by atoms with Gasteiger partial charge in [0.05, 0.1) is 45.4 Å². The summed E-state index contributed by atoms with van der Waals surface area (Å²) >= 11 is 0. The first-order valence-corrected chi connectivity index (χ1v) is 19.9. The minimum atomic E-state index is -1.48. The Bertz CT molecular complexity index is 2400. The standard InChI is InChI=1S/C43H43F5N8/c44-27-8-6-24(7-9-27)25-10-16-55(17-11-25)40-31(47)18-26(19-32(40)48)43(28-20-35-36(21-29(28)45)52-41(51-35)33-4-1-13-49-33)12-3-15-56(43)39-23-38-37(22-30(39)46)53-42(54-38)34-5-2-14-50-34/h6-9,18-23,25,33-34,49-50H,1-5,10-17H2,(H,51,52)(H,53,54)/t33-,34-,43+/m0/s1. The average Bonchev–Trinajstić information content (AvgIpc) is 4.04. The van der Waals surface area contributed by atoms with Gasteiger partial charge in [0, 0.05) is 37.3 Å². The van der Waals surface area contributed by atoms with Crippen LogP contribution in [0.25, 0.3) is 22.1 Å². The van der Waals surface area contributed by atoms with Crippen molar-refractivity contribution in [3.05, 3.63) is 118 Å². The fourth-order valence-electron chi connectivity index (χ4n) is 9.94. The van der Waals surface area contributed by atoms with Gasteiger partial charge in [0.2, 0.25) is 0 Å². The number of aromatic amines is 2. The molecule has 4 fully saturated rings. The molecule has 0 amide bonds. The quantitative estimate of drug-likeness (QED) is 0.122. The summed E-state index contributed by atoms with van der Waals surface area (Å²) in [6.45, 7) is 2.86. The number of anilines is 2. The summed E-state index contributed by atoms with van der Waals surface area (Å²) in [4.78, 5) is 19.7. The molecule has 4 aliphatic heterocycles. The van der Waals surface area contributed by atoms with Gasteiger partial charge < -0.3 is 30.4 Å². The van der Waals surface area contributed by atoms with Crippen LogP contribution in [0.2, 0.25) is 0 Å². The van der Waals surface area contributed by atoms with Crippen LogP contribution in [-0.2, 0) is 5.54 Å². The molecule has 4 N–H and O–H groups in total. The van der Waals surface area contributed by atoms with E-state index in [9.17, 15) is 4.39 Å². The van der Waals surface area contributed by atoms with Gasteiger partial charge in [0.15, 0.2) is 0 Å². The van der Waals surface area contributed by atoms with Crippen molar-refractivity contribution in [3.8, 4) is 0 Å². The zero-order valence-electron chi connectivity index (χ0n) is 30.9. The van der Waals surface area contributed by atoms with E-state index < -0.39 is 28.8 Å². The molecule has 290 valence electrons. The molecule has 0 aliphatic carbocycles. The predicted octanol–water partition coefficient (Wildman–Crippen LogP) is 8.91. The molecule has 0 radical (unpaired) electrons. The van der Waals surface area contributed by atoms with Gasteiger partial charge in [-0.05, 0) is 118 Å². The SMILES string of the molecule is Fc1ccc(C2CCN(c3c(F)cc([C@@]4(c5cc6[nH]c([C@@H]7CCCN7)nc6cc5F)CCCN4c4cc5nc([C@@H]6CCCN6)[nH]c5cc4F)cc3F)CC2)cc1. The van der Waals surface area contributed by atoms with Crippen molar-refractivity contribution >= 4 is 33.4 Å². The molecule has 0 unspecified atom stereocenters. The summed E-state index contributed by atoms with van der Waals surface area (Å²) in [5, 5.41) is 6.85. The molecule has 4 aromatic carbocycles. The second-order valence-corrected chi connectivity index (χ2v) is 15.9. The Hall–Kier alpha value is -5.01. The maximum Gasteiger partial charge on any atom is 0.149 e. The van der Waals surface area contributed by atoms with Crippen LogP contribution in [0.1, 0.15) is 97.7 Å². The van der Waals surface area contributed by atoms with Gasteiger partial charge in [0.1, 0.15) is 46.4 Å². The van der Waals surface area contributed by atoms with E-state index in [4.69, 9.17) is 9.97 Å². The van der Waals surface area contributed by atoms with E-state index in [2.05, 4.69) is 20.6 Å². The van der Waals surface area contributed by atoms with Crippen LogP contribution in [0.3, 0.4) is 0 Å². The van der Waals surface area contributed by atoms with Crippen LogP contribution in [0.15, 0.2) is 60.7 Å². The molecule has 8 nitrogen and oxygen atoms in total. The van der Waals surface area contributed by atoms with Gasteiger partial charge in [0.25, 0.3) is 0 Å². The van der Waals surface area contributed by atoms with Gasteiger partial charge in [-0.2, -0.15) is 0 Å². The third kappa shape index (κ3) is 5.93. The van der Waals surface area contributed by atoms with E-state index in [1.165, 1.54) is 36.4 Å². The summed E-state index contributed by atoms with van der Waals surface area (Å²) in [5.41, 5.74) is 2.08. The summed E-state index contributed by atoms with van der Waals surface area (Å²) < 4.78 is 80.2. The van der Waals surface area contributed by atoms with Gasteiger partial charge in [-0.15, -0.1) is 0 Å². The monoisotopic (exact) mass is 766 g/mol. The second-order valence-electron chi connectivity index (χ2n) is 15.9. The first kappa shape index (κ1) is 35.4. The minimum Gasteiger partial charge on any atom is -0.367 e. The van der Waals surface area contributed by atoms with Crippen molar-refractivity contribution in [2.75, 3.05) is 42.5 Å². The number of fused-ring (bicyclic) bond motifs is 2. The largest absolute Gasteiger partial charge is 0.367 e. The highest BCUT2D eigenvalue weighted by atomic mass is 19.1. The number of piperidine rings is 1. The third-order valence-electron chi connectivity index (χ3n) is 12.7. The van der Waals surface area contributed by atoms with Crippen molar-refractivity contribution in [2.24, 2.45) is 0 Å². The van der Waals surface area contributed by atoms with Gasteiger partial charge in [-0.1, -0.05) is 12.1 Å².